The fourth-order valence-corrected chi connectivity index (χ4v) is 6.91. The second kappa shape index (κ2) is 14.0. The molecule has 0 bridgehead atoms. The predicted molar refractivity (Wildman–Crippen MR) is 168 cm³/mol. The summed E-state index contributed by atoms with van der Waals surface area (Å²) in [5, 5.41) is 3.19. The summed E-state index contributed by atoms with van der Waals surface area (Å²) in [6.07, 6.45) is 5.61. The molecule has 42 heavy (non-hydrogen) atoms. The minimum absolute atomic E-state index is 0.0994. The number of nitrogens with one attached hydrogen (secondary N) is 1. The first-order valence-electron chi connectivity index (χ1n) is 14.9. The SMILES string of the molecule is CCC(C(=O)NC1CCCCC1)N(Cc1ccc(C)cc1)C(=O)CN(c1cccc(C)c1)S(=O)(=O)c1ccc(C)cc1. The summed E-state index contributed by atoms with van der Waals surface area (Å²) in [6.45, 7) is 7.43. The van der Waals surface area contributed by atoms with E-state index in [4.69, 9.17) is 0 Å². The maximum atomic E-state index is 14.3. The number of hydrogen-bond acceptors (Lipinski definition) is 4. The van der Waals surface area contributed by atoms with Gasteiger partial charge in [0.05, 0.1) is 10.6 Å². The summed E-state index contributed by atoms with van der Waals surface area (Å²) in [7, 11) is -4.08. The minimum atomic E-state index is -4.08. The lowest BCUT2D eigenvalue weighted by atomic mass is 9.95. The molecule has 4 rings (SSSR count). The maximum absolute atomic E-state index is 14.3. The Kier molecular flexibility index (Phi) is 10.4. The fourth-order valence-electron chi connectivity index (χ4n) is 5.50. The first-order chi connectivity index (χ1) is 20.1. The van der Waals surface area contributed by atoms with Crippen molar-refractivity contribution in [1.82, 2.24) is 10.2 Å². The van der Waals surface area contributed by atoms with Gasteiger partial charge in [0, 0.05) is 12.6 Å². The average molecular weight is 590 g/mol. The summed E-state index contributed by atoms with van der Waals surface area (Å²) in [5.41, 5.74) is 4.18. The number of rotatable bonds is 11. The molecule has 7 nitrogen and oxygen atoms in total. The average Bonchev–Trinajstić information content (AvgIpc) is 2.97. The van der Waals surface area contributed by atoms with Crippen LogP contribution in [-0.4, -0.2) is 43.8 Å². The highest BCUT2D eigenvalue weighted by atomic mass is 32.2. The summed E-state index contributed by atoms with van der Waals surface area (Å²) in [6, 6.07) is 20.9. The standard InChI is InChI=1S/C34H43N3O4S/c1-5-32(34(39)35-29-11-7-6-8-12-29)36(23-28-18-14-25(2)15-19-28)33(38)24-37(30-13-9-10-27(4)22-30)42(40,41)31-20-16-26(3)17-21-31/h9-10,13-22,29,32H,5-8,11-12,23-24H2,1-4H3,(H,35,39). The third-order valence-corrected chi connectivity index (χ3v) is 9.78. The molecule has 8 heteroatoms. The van der Waals surface area contributed by atoms with Crippen LogP contribution < -0.4 is 9.62 Å². The zero-order chi connectivity index (χ0) is 30.3. The van der Waals surface area contributed by atoms with Crippen molar-refractivity contribution in [2.45, 2.75) is 89.7 Å². The Balaban J connectivity index is 1.70. The first kappa shape index (κ1) is 31.3. The van der Waals surface area contributed by atoms with Crippen LogP contribution in [0, 0.1) is 20.8 Å². The van der Waals surface area contributed by atoms with E-state index in [1.807, 2.05) is 58.0 Å². The molecule has 1 atom stereocenters. The molecule has 0 spiro atoms. The number of sulfonamides is 1. The van der Waals surface area contributed by atoms with E-state index < -0.39 is 28.5 Å². The summed E-state index contributed by atoms with van der Waals surface area (Å²) in [5.74, 6) is -0.619. The molecular weight excluding hydrogens is 546 g/mol. The van der Waals surface area contributed by atoms with Gasteiger partial charge in [0.15, 0.2) is 0 Å². The van der Waals surface area contributed by atoms with Crippen molar-refractivity contribution < 1.29 is 18.0 Å². The van der Waals surface area contributed by atoms with Gasteiger partial charge in [-0.05, 0) is 75.4 Å². The molecule has 1 aliphatic carbocycles. The Morgan fingerprint density at radius 2 is 1.48 bits per heavy atom. The number of amides is 2. The van der Waals surface area contributed by atoms with E-state index in [-0.39, 0.29) is 23.4 Å². The van der Waals surface area contributed by atoms with Crippen LogP contribution in [-0.2, 0) is 26.2 Å². The molecule has 3 aromatic rings. The highest BCUT2D eigenvalue weighted by Crippen LogP contribution is 2.26. The number of aryl methyl sites for hydroxylation is 3. The number of nitrogens with zero attached hydrogens (tertiary/aromatic N) is 2. The van der Waals surface area contributed by atoms with Crippen molar-refractivity contribution in [3.05, 3.63) is 95.1 Å². The zero-order valence-electron chi connectivity index (χ0n) is 25.2. The molecule has 0 aromatic heterocycles. The van der Waals surface area contributed by atoms with Gasteiger partial charge in [0.25, 0.3) is 10.0 Å². The normalized spacial score (nSPS) is 14.7. The van der Waals surface area contributed by atoms with Crippen LogP contribution in [0.4, 0.5) is 5.69 Å². The van der Waals surface area contributed by atoms with Gasteiger partial charge in [0.1, 0.15) is 12.6 Å². The quantitative estimate of drug-likeness (QED) is 0.294. The molecule has 3 aromatic carbocycles. The van der Waals surface area contributed by atoms with Crippen molar-refractivity contribution in [2.24, 2.45) is 0 Å². The minimum Gasteiger partial charge on any atom is -0.352 e. The Bertz CT molecular complexity index is 1460. The van der Waals surface area contributed by atoms with E-state index in [0.717, 1.165) is 47.9 Å². The molecule has 1 fully saturated rings. The van der Waals surface area contributed by atoms with Gasteiger partial charge in [-0.25, -0.2) is 8.42 Å². The second-order valence-corrected chi connectivity index (χ2v) is 13.3. The van der Waals surface area contributed by atoms with E-state index in [9.17, 15) is 18.0 Å². The lowest BCUT2D eigenvalue weighted by Gasteiger charge is -2.34. The summed E-state index contributed by atoms with van der Waals surface area (Å²) in [4.78, 5) is 29.6. The van der Waals surface area contributed by atoms with Gasteiger partial charge in [-0.15, -0.1) is 0 Å². The highest BCUT2D eigenvalue weighted by Gasteiger charge is 2.34. The van der Waals surface area contributed by atoms with Gasteiger partial charge in [0.2, 0.25) is 11.8 Å². The summed E-state index contributed by atoms with van der Waals surface area (Å²) < 4.78 is 29.2. The molecule has 224 valence electrons. The van der Waals surface area contributed by atoms with Gasteiger partial charge in [-0.3, -0.25) is 13.9 Å². The maximum Gasteiger partial charge on any atom is 0.264 e. The molecule has 1 N–H and O–H groups in total. The monoisotopic (exact) mass is 589 g/mol. The molecule has 0 radical (unpaired) electrons. The van der Waals surface area contributed by atoms with Crippen LogP contribution in [0.25, 0.3) is 0 Å². The van der Waals surface area contributed by atoms with Crippen molar-refractivity contribution in [1.29, 1.82) is 0 Å². The summed E-state index contributed by atoms with van der Waals surface area (Å²) >= 11 is 0. The Morgan fingerprint density at radius 3 is 2.07 bits per heavy atom. The van der Waals surface area contributed by atoms with Crippen molar-refractivity contribution in [3.63, 3.8) is 0 Å². The number of carbonyl (C=O) groups excluding carboxylic acids is 2. The molecule has 0 heterocycles. The Morgan fingerprint density at radius 1 is 0.857 bits per heavy atom. The molecule has 1 unspecified atom stereocenters. The van der Waals surface area contributed by atoms with Crippen LogP contribution in [0.3, 0.4) is 0 Å². The van der Waals surface area contributed by atoms with E-state index in [1.54, 1.807) is 47.4 Å². The third kappa shape index (κ3) is 7.79. The lowest BCUT2D eigenvalue weighted by Crippen LogP contribution is -2.54. The van der Waals surface area contributed by atoms with E-state index in [1.165, 1.54) is 10.7 Å². The molecule has 0 saturated heterocycles. The van der Waals surface area contributed by atoms with Crippen LogP contribution in [0.5, 0.6) is 0 Å². The molecule has 1 aliphatic rings. The Hall–Kier alpha value is -3.65. The van der Waals surface area contributed by atoms with Crippen molar-refractivity contribution in [2.75, 3.05) is 10.8 Å². The number of hydrogen-bond donors (Lipinski definition) is 1. The second-order valence-electron chi connectivity index (χ2n) is 11.4. The predicted octanol–water partition coefficient (Wildman–Crippen LogP) is 6.06. The molecule has 0 aliphatic heterocycles. The number of carbonyl (C=O) groups is 2. The van der Waals surface area contributed by atoms with Crippen LogP contribution in [0.2, 0.25) is 0 Å². The fraction of sp³-hybridized carbons (Fsp3) is 0.412. The van der Waals surface area contributed by atoms with Gasteiger partial charge in [-0.1, -0.05) is 85.8 Å². The van der Waals surface area contributed by atoms with Crippen LogP contribution >= 0.6 is 0 Å². The number of anilines is 1. The topological polar surface area (TPSA) is 86.8 Å². The van der Waals surface area contributed by atoms with Gasteiger partial charge >= 0.3 is 0 Å². The number of benzene rings is 3. The lowest BCUT2D eigenvalue weighted by molar-refractivity contribution is -0.140. The zero-order valence-corrected chi connectivity index (χ0v) is 26.0. The van der Waals surface area contributed by atoms with E-state index in [2.05, 4.69) is 5.32 Å². The third-order valence-electron chi connectivity index (χ3n) is 7.99. The molecular formula is C34H43N3O4S. The van der Waals surface area contributed by atoms with Crippen LogP contribution in [0.15, 0.2) is 77.7 Å². The smallest absolute Gasteiger partial charge is 0.264 e. The van der Waals surface area contributed by atoms with Crippen molar-refractivity contribution >= 4 is 27.5 Å². The van der Waals surface area contributed by atoms with Crippen LogP contribution in [0.1, 0.15) is 67.7 Å². The Labute approximate surface area is 251 Å². The van der Waals surface area contributed by atoms with E-state index >= 15 is 0 Å². The van der Waals surface area contributed by atoms with Gasteiger partial charge in [-0.2, -0.15) is 0 Å². The van der Waals surface area contributed by atoms with Crippen molar-refractivity contribution in [3.8, 4) is 0 Å². The largest absolute Gasteiger partial charge is 0.352 e. The van der Waals surface area contributed by atoms with Gasteiger partial charge < -0.3 is 10.2 Å². The molecule has 2 amide bonds. The first-order valence-corrected chi connectivity index (χ1v) is 16.3. The van der Waals surface area contributed by atoms with E-state index in [0.29, 0.717) is 12.1 Å². The highest BCUT2D eigenvalue weighted by molar-refractivity contribution is 7.92. The molecule has 1 saturated carbocycles.